The molecule has 2 N–H and O–H groups in total. The van der Waals surface area contributed by atoms with Crippen molar-refractivity contribution < 1.29 is 18.7 Å². The second kappa shape index (κ2) is 13.7. The number of anilines is 2. The van der Waals surface area contributed by atoms with Crippen molar-refractivity contribution in [2.75, 3.05) is 37.9 Å². The van der Waals surface area contributed by atoms with Gasteiger partial charge in [-0.3, -0.25) is 8.77 Å². The number of carbonyl (C=O) groups excluding carboxylic acids is 1. The first-order valence-corrected chi connectivity index (χ1v) is 18.0. The molecule has 1 aliphatic carbocycles. The van der Waals surface area contributed by atoms with E-state index in [9.17, 15) is 4.79 Å². The molecule has 2 atom stereocenters. The first-order chi connectivity index (χ1) is 21.5. The van der Waals surface area contributed by atoms with Gasteiger partial charge in [-0.25, -0.2) is 24.3 Å². The van der Waals surface area contributed by atoms with Gasteiger partial charge in [-0.2, -0.15) is 0 Å². The second-order valence-electron chi connectivity index (χ2n) is 11.0. The number of likely N-dealkylation sites (tertiary alicyclic amines) is 1. The molecular formula is C30H34FIN8O3S. The minimum Gasteiger partial charge on any atom is -0.497 e. The molecule has 1 saturated heterocycles. The lowest BCUT2D eigenvalue weighted by molar-refractivity contribution is -0.135. The average molecular weight is 733 g/mol. The van der Waals surface area contributed by atoms with E-state index in [2.05, 4.69) is 51.8 Å². The van der Waals surface area contributed by atoms with Crippen LogP contribution in [0.5, 0.6) is 11.5 Å². The van der Waals surface area contributed by atoms with E-state index >= 15 is 4.39 Å². The number of amides is 1. The zero-order chi connectivity index (χ0) is 30.6. The molecule has 1 saturated carbocycles. The molecule has 1 aliphatic heterocycles. The number of aromatic nitrogens is 5. The third-order valence-electron chi connectivity index (χ3n) is 8.33. The predicted molar refractivity (Wildman–Crippen MR) is 178 cm³/mol. The number of benzene rings is 1. The number of nitrogens with one attached hydrogen (secondary N) is 2. The molecular weight excluding hydrogens is 698 g/mol. The fourth-order valence-electron chi connectivity index (χ4n) is 6.10. The van der Waals surface area contributed by atoms with Crippen LogP contribution >= 0.6 is 30.3 Å². The molecule has 0 spiro atoms. The molecule has 0 radical (unpaired) electrons. The van der Waals surface area contributed by atoms with Crippen molar-refractivity contribution in [1.29, 1.82) is 0 Å². The maximum Gasteiger partial charge on any atom is 0.225 e. The van der Waals surface area contributed by atoms with Crippen molar-refractivity contribution in [2.45, 2.75) is 51.1 Å². The lowest BCUT2D eigenvalue weighted by Gasteiger charge is -2.31. The molecule has 6 rings (SSSR count). The summed E-state index contributed by atoms with van der Waals surface area (Å²) < 4.78 is 27.9. The van der Waals surface area contributed by atoms with Crippen LogP contribution in [0.15, 0.2) is 36.9 Å². The molecule has 4 heterocycles. The molecule has 1 aromatic carbocycles. The van der Waals surface area contributed by atoms with Crippen molar-refractivity contribution >= 4 is 58.9 Å². The van der Waals surface area contributed by atoms with E-state index in [0.29, 0.717) is 47.3 Å². The summed E-state index contributed by atoms with van der Waals surface area (Å²) in [6.07, 6.45) is 10.0. The highest BCUT2D eigenvalue weighted by Gasteiger charge is 2.32. The number of nitrogens with zero attached hydrogens (tertiary/aromatic N) is 6. The monoisotopic (exact) mass is 732 g/mol. The summed E-state index contributed by atoms with van der Waals surface area (Å²) in [5.74, 6) is 2.11. The van der Waals surface area contributed by atoms with Gasteiger partial charge < -0.3 is 25.0 Å². The largest absolute Gasteiger partial charge is 0.497 e. The van der Waals surface area contributed by atoms with Crippen LogP contribution in [0.4, 0.5) is 16.0 Å². The Balaban J connectivity index is 1.27. The third-order valence-corrected chi connectivity index (χ3v) is 10.0. The highest BCUT2D eigenvalue weighted by molar-refractivity contribution is 14.2. The Labute approximate surface area is 271 Å². The van der Waals surface area contributed by atoms with E-state index < -0.39 is 5.82 Å². The fourth-order valence-corrected chi connectivity index (χ4v) is 7.35. The molecule has 2 aliphatic rings. The zero-order valence-corrected chi connectivity index (χ0v) is 27.5. The van der Waals surface area contributed by atoms with Crippen molar-refractivity contribution in [3.63, 3.8) is 0 Å². The lowest BCUT2D eigenvalue weighted by Crippen LogP contribution is -2.39. The Morgan fingerprint density at radius 2 is 1.95 bits per heavy atom. The molecule has 0 unspecified atom stereocenters. The van der Waals surface area contributed by atoms with Crippen LogP contribution in [-0.4, -0.2) is 68.1 Å². The maximum atomic E-state index is 15.1. The van der Waals surface area contributed by atoms with Gasteiger partial charge in [0, 0.05) is 79.7 Å². The maximum absolute atomic E-state index is 15.1. The quantitative estimate of drug-likeness (QED) is 0.185. The number of rotatable bonds is 10. The Bertz CT molecular complexity index is 1650. The van der Waals surface area contributed by atoms with Crippen LogP contribution in [0.1, 0.15) is 44.1 Å². The number of carbonyl (C=O) groups is 1. The van der Waals surface area contributed by atoms with Crippen LogP contribution in [0.25, 0.3) is 22.4 Å². The van der Waals surface area contributed by atoms with Crippen molar-refractivity contribution in [2.24, 2.45) is 5.92 Å². The van der Waals surface area contributed by atoms with Crippen LogP contribution in [-0.2, 0) is 11.3 Å². The average Bonchev–Trinajstić information content (AvgIpc) is 3.74. The van der Waals surface area contributed by atoms with Gasteiger partial charge in [-0.15, -0.1) is 0 Å². The standard InChI is InChI=1S/C30H34FIN8O3S/c1-42-21-9-8-19(24(13-21)43-2)14-33-28-25-22(16-40(44-32)29(25)36-17-35-28)26-34-15-23(31)27(38-26)37-20-7-5-6-18(12-20)30(41)39-10-3-4-11-39/h8-9,13,15-18,20H,3-7,10-12,14H2,1-2H3,(H,33,35,36)(H,34,37,38)/t18-,20+/m0/s1. The molecule has 0 bridgehead atoms. The highest BCUT2D eigenvalue weighted by atomic mass is 127. The first-order valence-electron chi connectivity index (χ1n) is 14.7. The number of halogens is 2. The summed E-state index contributed by atoms with van der Waals surface area (Å²) in [5.41, 5.74) is 2.27. The van der Waals surface area contributed by atoms with E-state index in [1.165, 1.54) is 21.6 Å². The molecule has 3 aromatic heterocycles. The molecule has 44 heavy (non-hydrogen) atoms. The lowest BCUT2D eigenvalue weighted by atomic mass is 9.84. The number of fused-ring (bicyclic) bond motifs is 1. The number of hydrogen-bond donors (Lipinski definition) is 2. The minimum absolute atomic E-state index is 0.0440. The van der Waals surface area contributed by atoms with Gasteiger partial charge in [-0.05, 0) is 44.2 Å². The molecule has 1 amide bonds. The van der Waals surface area contributed by atoms with Crippen molar-refractivity contribution in [3.05, 3.63) is 48.3 Å². The van der Waals surface area contributed by atoms with E-state index in [0.717, 1.165) is 56.1 Å². The topological polar surface area (TPSA) is 119 Å². The highest BCUT2D eigenvalue weighted by Crippen LogP contribution is 2.37. The summed E-state index contributed by atoms with van der Waals surface area (Å²) in [5, 5.41) is 7.44. The van der Waals surface area contributed by atoms with Crippen LogP contribution in [0, 0.1) is 11.7 Å². The van der Waals surface area contributed by atoms with Crippen molar-refractivity contribution in [1.82, 2.24) is 28.8 Å². The van der Waals surface area contributed by atoms with Crippen LogP contribution < -0.4 is 20.1 Å². The van der Waals surface area contributed by atoms with Gasteiger partial charge in [0.25, 0.3) is 0 Å². The smallest absolute Gasteiger partial charge is 0.225 e. The number of ether oxygens (including phenoxy) is 2. The Morgan fingerprint density at radius 3 is 2.73 bits per heavy atom. The first kappa shape index (κ1) is 30.6. The summed E-state index contributed by atoms with van der Waals surface area (Å²) in [6, 6.07) is 5.59. The molecule has 232 valence electrons. The molecule has 4 aromatic rings. The Kier molecular flexibility index (Phi) is 9.54. The van der Waals surface area contributed by atoms with E-state index in [4.69, 9.17) is 9.47 Å². The van der Waals surface area contributed by atoms with Gasteiger partial charge in [-0.1, -0.05) is 6.42 Å². The number of hydrogen-bond acceptors (Lipinski definition) is 10. The Morgan fingerprint density at radius 1 is 1.11 bits per heavy atom. The third kappa shape index (κ3) is 6.36. The SMILES string of the molecule is COc1ccc(CNc2ncnc3c2c(-c2ncc(F)c(N[C@@H]4CCC[C@H](C(=O)N5CCCC5)C4)n2)cn3SI)c(OC)c1. The summed E-state index contributed by atoms with van der Waals surface area (Å²) >= 11 is 2.19. The molecule has 2 fully saturated rings. The van der Waals surface area contributed by atoms with Crippen LogP contribution in [0.2, 0.25) is 0 Å². The molecule has 14 heteroatoms. The van der Waals surface area contributed by atoms with Gasteiger partial charge in [0.15, 0.2) is 23.1 Å². The molecule has 11 nitrogen and oxygen atoms in total. The zero-order valence-electron chi connectivity index (χ0n) is 24.6. The van der Waals surface area contributed by atoms with Crippen LogP contribution in [0.3, 0.4) is 0 Å². The van der Waals surface area contributed by atoms with E-state index in [1.54, 1.807) is 14.2 Å². The summed E-state index contributed by atoms with van der Waals surface area (Å²) in [4.78, 5) is 33.1. The Hall–Kier alpha value is -3.40. The summed E-state index contributed by atoms with van der Waals surface area (Å²) in [6.45, 7) is 2.11. The number of methoxy groups -OCH3 is 2. The summed E-state index contributed by atoms with van der Waals surface area (Å²) in [7, 11) is 4.68. The van der Waals surface area contributed by atoms with E-state index in [-0.39, 0.29) is 23.7 Å². The van der Waals surface area contributed by atoms with E-state index in [1.807, 2.05) is 33.3 Å². The van der Waals surface area contributed by atoms with Gasteiger partial charge in [0.1, 0.15) is 23.6 Å². The fraction of sp³-hybridized carbons (Fsp3) is 0.433. The predicted octanol–water partition coefficient (Wildman–Crippen LogP) is 6.10. The normalized spacial score (nSPS) is 18.4. The minimum atomic E-state index is -0.532. The van der Waals surface area contributed by atoms with Gasteiger partial charge >= 0.3 is 0 Å². The van der Waals surface area contributed by atoms with Gasteiger partial charge in [0.05, 0.1) is 31.4 Å². The van der Waals surface area contributed by atoms with Gasteiger partial charge in [0.2, 0.25) is 5.91 Å². The second-order valence-corrected chi connectivity index (χ2v) is 12.7. The van der Waals surface area contributed by atoms with Crippen molar-refractivity contribution in [3.8, 4) is 22.9 Å².